The van der Waals surface area contributed by atoms with E-state index in [9.17, 15) is 9.59 Å². The van der Waals surface area contributed by atoms with Crippen LogP contribution in [0.1, 0.15) is 25.8 Å². The van der Waals surface area contributed by atoms with Crippen molar-refractivity contribution in [3.8, 4) is 11.5 Å². The minimum atomic E-state index is -0.542. The largest absolute Gasteiger partial charge is 0.484 e. The topological polar surface area (TPSA) is 67.9 Å². The molecule has 1 aliphatic rings. The Kier molecular flexibility index (Phi) is 5.64. The summed E-state index contributed by atoms with van der Waals surface area (Å²) in [5, 5.41) is 2.80. The first-order chi connectivity index (χ1) is 13.0. The van der Waals surface area contributed by atoms with E-state index in [0.29, 0.717) is 23.7 Å². The van der Waals surface area contributed by atoms with Crippen LogP contribution in [-0.4, -0.2) is 31.1 Å². The Morgan fingerprint density at radius 3 is 2.67 bits per heavy atom. The molecule has 27 heavy (non-hydrogen) atoms. The number of nitrogens with one attached hydrogen (secondary N) is 1. The van der Waals surface area contributed by atoms with Crippen molar-refractivity contribution in [2.75, 3.05) is 23.4 Å². The van der Waals surface area contributed by atoms with Crippen LogP contribution in [0, 0.1) is 6.92 Å². The molecule has 3 rings (SSSR count). The van der Waals surface area contributed by atoms with Gasteiger partial charge in [-0.2, -0.15) is 0 Å². The molecule has 2 amide bonds. The molecule has 2 aromatic rings. The number of carbonyl (C=O) groups is 2. The SMILES string of the molecule is CCCN1C(=O)C(C)Oc2cc(NC(=O)COc3ccc(C)cc3)ccc21. The van der Waals surface area contributed by atoms with Crippen molar-refractivity contribution in [3.63, 3.8) is 0 Å². The van der Waals surface area contributed by atoms with E-state index in [2.05, 4.69) is 5.32 Å². The highest BCUT2D eigenvalue weighted by molar-refractivity contribution is 6.00. The Morgan fingerprint density at radius 1 is 1.22 bits per heavy atom. The van der Waals surface area contributed by atoms with E-state index >= 15 is 0 Å². The summed E-state index contributed by atoms with van der Waals surface area (Å²) in [5.74, 6) is 0.924. The minimum Gasteiger partial charge on any atom is -0.484 e. The Bertz CT molecular complexity index is 833. The third-order valence-electron chi connectivity index (χ3n) is 4.29. The highest BCUT2D eigenvalue weighted by atomic mass is 16.5. The molecule has 142 valence electrons. The molecule has 1 atom stereocenters. The van der Waals surface area contributed by atoms with Crippen LogP contribution in [0.4, 0.5) is 11.4 Å². The fourth-order valence-corrected chi connectivity index (χ4v) is 2.92. The van der Waals surface area contributed by atoms with Gasteiger partial charge in [0.05, 0.1) is 5.69 Å². The fraction of sp³-hybridized carbons (Fsp3) is 0.333. The Labute approximate surface area is 159 Å². The van der Waals surface area contributed by atoms with Crippen LogP contribution in [0.25, 0.3) is 0 Å². The molecule has 6 nitrogen and oxygen atoms in total. The summed E-state index contributed by atoms with van der Waals surface area (Å²) in [5.41, 5.74) is 2.46. The Hall–Kier alpha value is -3.02. The standard InChI is InChI=1S/C21H24N2O4/c1-4-11-23-18-10-7-16(12-19(18)27-15(3)21(23)25)22-20(24)13-26-17-8-5-14(2)6-9-17/h5-10,12,15H,4,11,13H2,1-3H3,(H,22,24). The lowest BCUT2D eigenvalue weighted by Crippen LogP contribution is -2.44. The van der Waals surface area contributed by atoms with Gasteiger partial charge in [0, 0.05) is 18.3 Å². The van der Waals surface area contributed by atoms with Crippen LogP contribution >= 0.6 is 0 Å². The van der Waals surface area contributed by atoms with Crippen LogP contribution in [0.15, 0.2) is 42.5 Å². The predicted octanol–water partition coefficient (Wildman–Crippen LogP) is 3.54. The van der Waals surface area contributed by atoms with E-state index in [-0.39, 0.29) is 18.4 Å². The van der Waals surface area contributed by atoms with Gasteiger partial charge in [0.15, 0.2) is 12.7 Å². The van der Waals surface area contributed by atoms with Crippen molar-refractivity contribution in [2.45, 2.75) is 33.3 Å². The molecule has 0 saturated carbocycles. The van der Waals surface area contributed by atoms with Gasteiger partial charge in [-0.15, -0.1) is 0 Å². The first-order valence-electron chi connectivity index (χ1n) is 9.09. The van der Waals surface area contributed by atoms with Gasteiger partial charge in [-0.1, -0.05) is 24.6 Å². The molecule has 2 aromatic carbocycles. The number of carbonyl (C=O) groups excluding carboxylic acids is 2. The molecule has 0 fully saturated rings. The second kappa shape index (κ2) is 8.12. The number of hydrogen-bond donors (Lipinski definition) is 1. The second-order valence-corrected chi connectivity index (χ2v) is 6.58. The molecule has 1 unspecified atom stereocenters. The lowest BCUT2D eigenvalue weighted by atomic mass is 10.1. The van der Waals surface area contributed by atoms with Crippen molar-refractivity contribution >= 4 is 23.2 Å². The third-order valence-corrected chi connectivity index (χ3v) is 4.29. The van der Waals surface area contributed by atoms with Crippen LogP contribution in [0.5, 0.6) is 11.5 Å². The van der Waals surface area contributed by atoms with Crippen molar-refractivity contribution in [3.05, 3.63) is 48.0 Å². The maximum atomic E-state index is 12.3. The molecule has 1 aliphatic heterocycles. The number of rotatable bonds is 6. The normalized spacial score (nSPS) is 15.7. The van der Waals surface area contributed by atoms with Crippen LogP contribution in [0.3, 0.4) is 0 Å². The van der Waals surface area contributed by atoms with E-state index in [0.717, 1.165) is 17.7 Å². The lowest BCUT2D eigenvalue weighted by molar-refractivity contribution is -0.125. The summed E-state index contributed by atoms with van der Waals surface area (Å²) < 4.78 is 11.2. The molecular weight excluding hydrogens is 344 g/mol. The Balaban J connectivity index is 1.66. The molecule has 0 saturated heterocycles. The zero-order chi connectivity index (χ0) is 19.4. The van der Waals surface area contributed by atoms with E-state index in [1.807, 2.05) is 38.1 Å². The molecule has 0 radical (unpaired) electrons. The van der Waals surface area contributed by atoms with E-state index in [4.69, 9.17) is 9.47 Å². The number of fused-ring (bicyclic) bond motifs is 1. The number of nitrogens with zero attached hydrogens (tertiary/aromatic N) is 1. The quantitative estimate of drug-likeness (QED) is 0.847. The van der Waals surface area contributed by atoms with Gasteiger partial charge in [-0.3, -0.25) is 9.59 Å². The summed E-state index contributed by atoms with van der Waals surface area (Å²) >= 11 is 0. The maximum Gasteiger partial charge on any atom is 0.267 e. The predicted molar refractivity (Wildman–Crippen MR) is 104 cm³/mol. The van der Waals surface area contributed by atoms with Crippen LogP contribution in [0.2, 0.25) is 0 Å². The number of amides is 2. The van der Waals surface area contributed by atoms with Gasteiger partial charge in [0.1, 0.15) is 11.5 Å². The zero-order valence-electron chi connectivity index (χ0n) is 15.8. The third kappa shape index (κ3) is 4.39. The first kappa shape index (κ1) is 18.8. The van der Waals surface area contributed by atoms with E-state index in [1.165, 1.54) is 0 Å². The zero-order valence-corrected chi connectivity index (χ0v) is 15.8. The first-order valence-corrected chi connectivity index (χ1v) is 9.09. The molecule has 1 N–H and O–H groups in total. The highest BCUT2D eigenvalue weighted by Gasteiger charge is 2.31. The average Bonchev–Trinajstić information content (AvgIpc) is 2.65. The van der Waals surface area contributed by atoms with Gasteiger partial charge in [-0.05, 0) is 44.5 Å². The minimum absolute atomic E-state index is 0.0485. The molecule has 0 aliphatic carbocycles. The molecule has 1 heterocycles. The van der Waals surface area contributed by atoms with Gasteiger partial charge in [0.2, 0.25) is 0 Å². The van der Waals surface area contributed by atoms with Gasteiger partial charge in [0.25, 0.3) is 11.8 Å². The van der Waals surface area contributed by atoms with Crippen molar-refractivity contribution in [1.82, 2.24) is 0 Å². The Morgan fingerprint density at radius 2 is 1.96 bits per heavy atom. The number of benzene rings is 2. The monoisotopic (exact) mass is 368 g/mol. The van der Waals surface area contributed by atoms with Crippen molar-refractivity contribution < 1.29 is 19.1 Å². The number of ether oxygens (including phenoxy) is 2. The molecule has 0 aromatic heterocycles. The van der Waals surface area contributed by atoms with E-state index in [1.54, 1.807) is 30.0 Å². The van der Waals surface area contributed by atoms with Gasteiger partial charge >= 0.3 is 0 Å². The number of aryl methyl sites for hydroxylation is 1. The van der Waals surface area contributed by atoms with Crippen LogP contribution in [-0.2, 0) is 9.59 Å². The smallest absolute Gasteiger partial charge is 0.267 e. The summed E-state index contributed by atoms with van der Waals surface area (Å²) in [6, 6.07) is 12.8. The van der Waals surface area contributed by atoms with Crippen molar-refractivity contribution in [2.24, 2.45) is 0 Å². The average molecular weight is 368 g/mol. The van der Waals surface area contributed by atoms with Gasteiger partial charge in [-0.25, -0.2) is 0 Å². The van der Waals surface area contributed by atoms with Crippen molar-refractivity contribution in [1.29, 1.82) is 0 Å². The number of anilines is 2. The fourth-order valence-electron chi connectivity index (χ4n) is 2.92. The molecule has 6 heteroatoms. The maximum absolute atomic E-state index is 12.3. The second-order valence-electron chi connectivity index (χ2n) is 6.58. The molecular formula is C21H24N2O4. The highest BCUT2D eigenvalue weighted by Crippen LogP contribution is 2.36. The lowest BCUT2D eigenvalue weighted by Gasteiger charge is -2.33. The summed E-state index contributed by atoms with van der Waals surface area (Å²) in [4.78, 5) is 26.2. The summed E-state index contributed by atoms with van der Waals surface area (Å²) in [7, 11) is 0. The van der Waals surface area contributed by atoms with Gasteiger partial charge < -0.3 is 19.7 Å². The van der Waals surface area contributed by atoms with E-state index < -0.39 is 6.10 Å². The van der Waals surface area contributed by atoms with Crippen LogP contribution < -0.4 is 19.7 Å². The molecule has 0 spiro atoms. The molecule has 0 bridgehead atoms. The number of hydrogen-bond acceptors (Lipinski definition) is 4. The summed E-state index contributed by atoms with van der Waals surface area (Å²) in [6.07, 6.45) is 0.312. The summed E-state index contributed by atoms with van der Waals surface area (Å²) in [6.45, 7) is 6.29.